The van der Waals surface area contributed by atoms with Gasteiger partial charge in [-0.1, -0.05) is 23.2 Å². The first-order chi connectivity index (χ1) is 8.24. The average Bonchev–Trinajstić information content (AvgIpc) is 2.72. The fourth-order valence-electron chi connectivity index (χ4n) is 1.87. The molecule has 0 radical (unpaired) electrons. The molecule has 84 valence electrons. The van der Waals surface area contributed by atoms with Gasteiger partial charge in [0.05, 0.1) is 5.02 Å². The van der Waals surface area contributed by atoms with Crippen LogP contribution in [0.2, 0.25) is 5.02 Å². The molecule has 2 nitrogen and oxygen atoms in total. The van der Waals surface area contributed by atoms with E-state index in [9.17, 15) is 0 Å². The smallest absolute Gasteiger partial charge is 0.137 e. The van der Waals surface area contributed by atoms with Gasteiger partial charge in [0.15, 0.2) is 0 Å². The van der Waals surface area contributed by atoms with Gasteiger partial charge in [-0.2, -0.15) is 0 Å². The SMILES string of the molecule is Cc1ccc2oc(-c3ccncc3Cl)cc2c1. The maximum absolute atomic E-state index is 6.10. The molecule has 0 saturated carbocycles. The van der Waals surface area contributed by atoms with E-state index >= 15 is 0 Å². The second-order valence-corrected chi connectivity index (χ2v) is 4.41. The molecule has 0 saturated heterocycles. The molecule has 17 heavy (non-hydrogen) atoms. The van der Waals surface area contributed by atoms with Crippen LogP contribution in [0, 0.1) is 6.92 Å². The fraction of sp³-hybridized carbons (Fsp3) is 0.0714. The summed E-state index contributed by atoms with van der Waals surface area (Å²) in [5, 5.41) is 1.69. The van der Waals surface area contributed by atoms with E-state index in [0.29, 0.717) is 5.02 Å². The molecule has 0 amide bonds. The van der Waals surface area contributed by atoms with Crippen LogP contribution in [0.15, 0.2) is 47.1 Å². The molecule has 0 spiro atoms. The summed E-state index contributed by atoms with van der Waals surface area (Å²) >= 11 is 6.10. The maximum Gasteiger partial charge on any atom is 0.137 e. The molecule has 2 heterocycles. The van der Waals surface area contributed by atoms with Gasteiger partial charge in [-0.3, -0.25) is 4.98 Å². The lowest BCUT2D eigenvalue weighted by atomic mass is 10.1. The Kier molecular flexibility index (Phi) is 2.37. The first-order valence-corrected chi connectivity index (χ1v) is 5.72. The summed E-state index contributed by atoms with van der Waals surface area (Å²) in [5.41, 5.74) is 2.96. The van der Waals surface area contributed by atoms with Crippen LogP contribution in [-0.4, -0.2) is 4.98 Å². The normalized spacial score (nSPS) is 10.9. The quantitative estimate of drug-likeness (QED) is 0.631. The number of pyridine rings is 1. The summed E-state index contributed by atoms with van der Waals surface area (Å²) in [7, 11) is 0. The lowest BCUT2D eigenvalue weighted by Gasteiger charge is -1.97. The van der Waals surface area contributed by atoms with Crippen LogP contribution in [0.1, 0.15) is 5.56 Å². The number of benzene rings is 1. The Morgan fingerprint density at radius 2 is 2.06 bits per heavy atom. The number of fused-ring (bicyclic) bond motifs is 1. The molecule has 3 aromatic rings. The van der Waals surface area contributed by atoms with Gasteiger partial charge < -0.3 is 4.42 Å². The minimum absolute atomic E-state index is 0.600. The highest BCUT2D eigenvalue weighted by Crippen LogP contribution is 2.32. The van der Waals surface area contributed by atoms with Crippen molar-refractivity contribution in [3.8, 4) is 11.3 Å². The monoisotopic (exact) mass is 243 g/mol. The highest BCUT2D eigenvalue weighted by atomic mass is 35.5. The third kappa shape index (κ3) is 1.81. The highest BCUT2D eigenvalue weighted by Gasteiger charge is 2.09. The molecular formula is C14H10ClNO. The maximum atomic E-state index is 6.10. The van der Waals surface area contributed by atoms with Crippen molar-refractivity contribution in [2.45, 2.75) is 6.92 Å². The number of furan rings is 1. The van der Waals surface area contributed by atoms with Gasteiger partial charge in [0, 0.05) is 23.3 Å². The van der Waals surface area contributed by atoms with E-state index in [0.717, 1.165) is 22.3 Å². The number of hydrogen-bond donors (Lipinski definition) is 0. The molecule has 0 aliphatic carbocycles. The molecule has 0 unspecified atom stereocenters. The van der Waals surface area contributed by atoms with Gasteiger partial charge in [-0.15, -0.1) is 0 Å². The predicted molar refractivity (Wildman–Crippen MR) is 69.2 cm³/mol. The van der Waals surface area contributed by atoms with E-state index < -0.39 is 0 Å². The summed E-state index contributed by atoms with van der Waals surface area (Å²) in [4.78, 5) is 3.96. The number of nitrogens with zero attached hydrogens (tertiary/aromatic N) is 1. The lowest BCUT2D eigenvalue weighted by Crippen LogP contribution is -1.77. The Hall–Kier alpha value is -1.80. The van der Waals surface area contributed by atoms with Crippen LogP contribution in [0.5, 0.6) is 0 Å². The standard InChI is InChI=1S/C14H10ClNO/c1-9-2-3-13-10(6-9)7-14(17-13)11-4-5-16-8-12(11)15/h2-8H,1H3. The van der Waals surface area contributed by atoms with Crippen molar-refractivity contribution >= 4 is 22.6 Å². The fourth-order valence-corrected chi connectivity index (χ4v) is 2.08. The van der Waals surface area contributed by atoms with Crippen molar-refractivity contribution < 1.29 is 4.42 Å². The van der Waals surface area contributed by atoms with Gasteiger partial charge in [-0.05, 0) is 31.2 Å². The van der Waals surface area contributed by atoms with E-state index in [-0.39, 0.29) is 0 Å². The van der Waals surface area contributed by atoms with E-state index in [1.807, 2.05) is 24.3 Å². The third-order valence-corrected chi connectivity index (χ3v) is 3.01. The molecule has 3 rings (SSSR count). The van der Waals surface area contributed by atoms with Gasteiger partial charge in [0.2, 0.25) is 0 Å². The Bertz CT molecular complexity index is 688. The van der Waals surface area contributed by atoms with Gasteiger partial charge in [0.1, 0.15) is 11.3 Å². The second-order valence-electron chi connectivity index (χ2n) is 4.01. The van der Waals surface area contributed by atoms with E-state index in [1.165, 1.54) is 5.56 Å². The number of aryl methyl sites for hydroxylation is 1. The summed E-state index contributed by atoms with van der Waals surface area (Å²) in [6.45, 7) is 2.06. The highest BCUT2D eigenvalue weighted by molar-refractivity contribution is 6.33. The Morgan fingerprint density at radius 1 is 1.18 bits per heavy atom. The molecule has 0 atom stereocenters. The first-order valence-electron chi connectivity index (χ1n) is 5.34. The van der Waals surface area contributed by atoms with E-state index in [4.69, 9.17) is 16.0 Å². The zero-order valence-electron chi connectivity index (χ0n) is 9.27. The molecule has 0 bridgehead atoms. The van der Waals surface area contributed by atoms with Crippen LogP contribution >= 0.6 is 11.6 Å². The summed E-state index contributed by atoms with van der Waals surface area (Å²) < 4.78 is 5.78. The van der Waals surface area contributed by atoms with Crippen molar-refractivity contribution in [3.05, 3.63) is 53.3 Å². The minimum atomic E-state index is 0.600. The molecule has 0 aliphatic rings. The Labute approximate surface area is 104 Å². The van der Waals surface area contributed by atoms with Crippen molar-refractivity contribution in [3.63, 3.8) is 0 Å². The van der Waals surface area contributed by atoms with Crippen LogP contribution in [0.25, 0.3) is 22.3 Å². The molecule has 0 aliphatic heterocycles. The zero-order valence-corrected chi connectivity index (χ0v) is 10.0. The predicted octanol–water partition coefficient (Wildman–Crippen LogP) is 4.46. The molecule has 3 heteroatoms. The molecule has 1 aromatic carbocycles. The van der Waals surface area contributed by atoms with E-state index in [1.54, 1.807) is 12.4 Å². The first kappa shape index (κ1) is 10.4. The van der Waals surface area contributed by atoms with E-state index in [2.05, 4.69) is 18.0 Å². The van der Waals surface area contributed by atoms with Crippen molar-refractivity contribution in [2.75, 3.05) is 0 Å². The third-order valence-electron chi connectivity index (χ3n) is 2.71. The molecule has 0 fully saturated rings. The van der Waals surface area contributed by atoms with Crippen LogP contribution in [0.4, 0.5) is 0 Å². The molecule has 0 N–H and O–H groups in total. The molecule has 2 aromatic heterocycles. The Morgan fingerprint density at radius 3 is 2.88 bits per heavy atom. The lowest BCUT2D eigenvalue weighted by molar-refractivity contribution is 0.631. The van der Waals surface area contributed by atoms with Gasteiger partial charge in [0.25, 0.3) is 0 Å². The number of rotatable bonds is 1. The summed E-state index contributed by atoms with van der Waals surface area (Å²) in [6, 6.07) is 9.96. The topological polar surface area (TPSA) is 26.0 Å². The number of hydrogen-bond acceptors (Lipinski definition) is 2. The number of aromatic nitrogens is 1. The van der Waals surface area contributed by atoms with Gasteiger partial charge in [-0.25, -0.2) is 0 Å². The van der Waals surface area contributed by atoms with Crippen LogP contribution in [0.3, 0.4) is 0 Å². The van der Waals surface area contributed by atoms with Crippen molar-refractivity contribution in [1.82, 2.24) is 4.98 Å². The average molecular weight is 244 g/mol. The Balaban J connectivity index is 2.22. The van der Waals surface area contributed by atoms with Crippen LogP contribution in [-0.2, 0) is 0 Å². The summed E-state index contributed by atoms with van der Waals surface area (Å²) in [5.74, 6) is 0.776. The van der Waals surface area contributed by atoms with Crippen LogP contribution < -0.4 is 0 Å². The largest absolute Gasteiger partial charge is 0.456 e. The zero-order chi connectivity index (χ0) is 11.8. The minimum Gasteiger partial charge on any atom is -0.456 e. The summed E-state index contributed by atoms with van der Waals surface area (Å²) in [6.07, 6.45) is 3.33. The van der Waals surface area contributed by atoms with Crippen molar-refractivity contribution in [2.24, 2.45) is 0 Å². The van der Waals surface area contributed by atoms with Crippen molar-refractivity contribution in [1.29, 1.82) is 0 Å². The second kappa shape index (κ2) is 3.90. The number of halogens is 1. The molecular weight excluding hydrogens is 234 g/mol. The van der Waals surface area contributed by atoms with Gasteiger partial charge >= 0.3 is 0 Å².